The second-order valence-corrected chi connectivity index (χ2v) is 6.08. The third-order valence-electron chi connectivity index (χ3n) is 4.07. The topological polar surface area (TPSA) is 75.3 Å². The molecule has 1 amide bonds. The molecule has 1 aliphatic rings. The molecule has 3 rings (SSSR count). The Balaban J connectivity index is 2.14. The summed E-state index contributed by atoms with van der Waals surface area (Å²) < 4.78 is 0. The fourth-order valence-electron chi connectivity index (χ4n) is 2.80. The predicted octanol–water partition coefficient (Wildman–Crippen LogP) is 3.14. The number of hydrogen-bond donors (Lipinski definition) is 2. The van der Waals surface area contributed by atoms with E-state index in [0.717, 1.165) is 16.8 Å². The average Bonchev–Trinajstić information content (AvgIpc) is 2.58. The van der Waals surface area contributed by atoms with Crippen molar-refractivity contribution in [2.75, 3.05) is 5.32 Å². The van der Waals surface area contributed by atoms with Crippen LogP contribution in [0.2, 0.25) is 0 Å². The lowest BCUT2D eigenvalue weighted by Gasteiger charge is -2.22. The van der Waals surface area contributed by atoms with Crippen LogP contribution in [0.25, 0.3) is 0 Å². The Bertz CT molecular complexity index is 942. The number of anilines is 1. The number of Topliss-reactive ketones (excluding diaryl/α,β-unsaturated/α-hetero) is 2. The van der Waals surface area contributed by atoms with E-state index in [1.54, 1.807) is 24.3 Å². The van der Waals surface area contributed by atoms with Crippen molar-refractivity contribution >= 4 is 23.2 Å². The molecule has 0 aromatic heterocycles. The quantitative estimate of drug-likeness (QED) is 0.904. The lowest BCUT2D eigenvalue weighted by atomic mass is 9.90. The van der Waals surface area contributed by atoms with Crippen LogP contribution in [-0.4, -0.2) is 17.5 Å². The van der Waals surface area contributed by atoms with Crippen LogP contribution >= 0.6 is 0 Å². The summed E-state index contributed by atoms with van der Waals surface area (Å²) in [5.41, 5.74) is 3.37. The van der Waals surface area contributed by atoms with Crippen LogP contribution in [0.15, 0.2) is 53.9 Å². The molecule has 5 heteroatoms. The molecule has 0 spiro atoms. The molecule has 0 saturated carbocycles. The lowest BCUT2D eigenvalue weighted by Crippen LogP contribution is -2.35. The van der Waals surface area contributed by atoms with Crippen LogP contribution in [0.3, 0.4) is 0 Å². The second-order valence-electron chi connectivity index (χ2n) is 6.08. The van der Waals surface area contributed by atoms with E-state index in [0.29, 0.717) is 11.1 Å². The highest BCUT2D eigenvalue weighted by Gasteiger charge is 2.33. The van der Waals surface area contributed by atoms with Crippen LogP contribution < -0.4 is 10.6 Å². The third kappa shape index (κ3) is 3.08. The van der Waals surface area contributed by atoms with Gasteiger partial charge in [-0.1, -0.05) is 36.4 Å². The highest BCUT2D eigenvalue weighted by Crippen LogP contribution is 2.27. The van der Waals surface area contributed by atoms with Gasteiger partial charge in [0.05, 0.1) is 0 Å². The first-order valence-corrected chi connectivity index (χ1v) is 7.93. The fraction of sp³-hybridized carbons (Fsp3) is 0.150. The maximum Gasteiger partial charge on any atom is 0.221 e. The zero-order chi connectivity index (χ0) is 18.1. The number of carbonyl (C=O) groups excluding carboxylic acids is 3. The Morgan fingerprint density at radius 3 is 2.08 bits per heavy atom. The molecule has 2 aromatic carbocycles. The van der Waals surface area contributed by atoms with E-state index in [1.165, 1.54) is 6.92 Å². The molecule has 2 aromatic rings. The first-order chi connectivity index (χ1) is 11.9. The standard InChI is InChI=1S/C20H18N2O3/c1-11-8-9-12(2)16(10-11)22-18-17(21-13(3)23)19(24)14-6-4-5-7-15(14)20(18)25/h4-10,22H,1-3H3,(H,21,23). The van der Waals surface area contributed by atoms with Crippen LogP contribution in [0.5, 0.6) is 0 Å². The first kappa shape index (κ1) is 16.6. The van der Waals surface area contributed by atoms with Gasteiger partial charge in [-0.05, 0) is 31.0 Å². The molecule has 2 N–H and O–H groups in total. The summed E-state index contributed by atoms with van der Waals surface area (Å²) in [4.78, 5) is 37.3. The van der Waals surface area contributed by atoms with Crippen molar-refractivity contribution in [2.45, 2.75) is 20.8 Å². The summed E-state index contributed by atoms with van der Waals surface area (Å²) in [5.74, 6) is -1.10. The molecule has 0 radical (unpaired) electrons. The van der Waals surface area contributed by atoms with E-state index in [9.17, 15) is 14.4 Å². The highest BCUT2D eigenvalue weighted by atomic mass is 16.2. The largest absolute Gasteiger partial charge is 0.350 e. The van der Waals surface area contributed by atoms with E-state index in [4.69, 9.17) is 0 Å². The number of rotatable bonds is 3. The zero-order valence-electron chi connectivity index (χ0n) is 14.3. The number of fused-ring (bicyclic) bond motifs is 1. The van der Waals surface area contributed by atoms with E-state index in [2.05, 4.69) is 10.6 Å². The van der Waals surface area contributed by atoms with Gasteiger partial charge in [-0.15, -0.1) is 0 Å². The van der Waals surface area contributed by atoms with Crippen molar-refractivity contribution in [3.05, 3.63) is 76.1 Å². The van der Waals surface area contributed by atoms with E-state index < -0.39 is 5.91 Å². The van der Waals surface area contributed by atoms with Gasteiger partial charge in [-0.3, -0.25) is 14.4 Å². The summed E-state index contributed by atoms with van der Waals surface area (Å²) >= 11 is 0. The maximum atomic E-state index is 12.9. The summed E-state index contributed by atoms with van der Waals surface area (Å²) in [6.07, 6.45) is 0. The maximum absolute atomic E-state index is 12.9. The number of aryl methyl sites for hydroxylation is 2. The molecule has 5 nitrogen and oxygen atoms in total. The van der Waals surface area contributed by atoms with Crippen LogP contribution in [0, 0.1) is 13.8 Å². The molecule has 0 heterocycles. The molecular formula is C20H18N2O3. The molecule has 1 aliphatic carbocycles. The summed E-state index contributed by atoms with van der Waals surface area (Å²) in [5, 5.41) is 5.58. The molecule has 126 valence electrons. The van der Waals surface area contributed by atoms with Gasteiger partial charge >= 0.3 is 0 Å². The van der Waals surface area contributed by atoms with Crippen molar-refractivity contribution in [3.63, 3.8) is 0 Å². The second kappa shape index (κ2) is 6.36. The monoisotopic (exact) mass is 334 g/mol. The Morgan fingerprint density at radius 2 is 1.48 bits per heavy atom. The Labute approximate surface area is 145 Å². The van der Waals surface area contributed by atoms with Gasteiger partial charge < -0.3 is 10.6 Å². The van der Waals surface area contributed by atoms with Gasteiger partial charge in [0, 0.05) is 23.7 Å². The number of nitrogens with one attached hydrogen (secondary N) is 2. The molecular weight excluding hydrogens is 316 g/mol. The minimum atomic E-state index is -0.407. The number of benzene rings is 2. The zero-order valence-corrected chi connectivity index (χ0v) is 14.3. The SMILES string of the molecule is CC(=O)NC1=C(Nc2cc(C)ccc2C)C(=O)c2ccccc2C1=O. The number of carbonyl (C=O) groups is 3. The number of ketones is 2. The van der Waals surface area contributed by atoms with Crippen LogP contribution in [-0.2, 0) is 4.79 Å². The van der Waals surface area contributed by atoms with Crippen molar-refractivity contribution in [2.24, 2.45) is 0 Å². The summed E-state index contributed by atoms with van der Waals surface area (Å²) in [7, 11) is 0. The number of amides is 1. The molecule has 0 bridgehead atoms. The lowest BCUT2D eigenvalue weighted by molar-refractivity contribution is -0.118. The van der Waals surface area contributed by atoms with E-state index >= 15 is 0 Å². The average molecular weight is 334 g/mol. The summed E-state index contributed by atoms with van der Waals surface area (Å²) in [6.45, 7) is 5.15. The van der Waals surface area contributed by atoms with Gasteiger partial charge in [0.1, 0.15) is 11.4 Å². The van der Waals surface area contributed by atoms with Crippen molar-refractivity contribution in [1.29, 1.82) is 0 Å². The Hall–Kier alpha value is -3.21. The van der Waals surface area contributed by atoms with E-state index in [1.807, 2.05) is 32.0 Å². The minimum Gasteiger partial charge on any atom is -0.350 e. The molecule has 0 saturated heterocycles. The molecule has 0 atom stereocenters. The predicted molar refractivity (Wildman–Crippen MR) is 95.5 cm³/mol. The van der Waals surface area contributed by atoms with Gasteiger partial charge in [0.2, 0.25) is 17.5 Å². The van der Waals surface area contributed by atoms with Gasteiger partial charge in [0.25, 0.3) is 0 Å². The van der Waals surface area contributed by atoms with Crippen LogP contribution in [0.1, 0.15) is 38.8 Å². The minimum absolute atomic E-state index is 0.0166. The van der Waals surface area contributed by atoms with Gasteiger partial charge in [-0.2, -0.15) is 0 Å². The number of allylic oxidation sites excluding steroid dienone is 2. The Kier molecular flexibility index (Phi) is 4.23. The van der Waals surface area contributed by atoms with Crippen molar-refractivity contribution in [3.8, 4) is 0 Å². The molecule has 25 heavy (non-hydrogen) atoms. The number of hydrogen-bond acceptors (Lipinski definition) is 4. The first-order valence-electron chi connectivity index (χ1n) is 7.93. The third-order valence-corrected chi connectivity index (χ3v) is 4.07. The van der Waals surface area contributed by atoms with Crippen molar-refractivity contribution < 1.29 is 14.4 Å². The van der Waals surface area contributed by atoms with Crippen LogP contribution in [0.4, 0.5) is 5.69 Å². The van der Waals surface area contributed by atoms with Crippen molar-refractivity contribution in [1.82, 2.24) is 5.32 Å². The fourth-order valence-corrected chi connectivity index (χ4v) is 2.80. The highest BCUT2D eigenvalue weighted by molar-refractivity contribution is 6.28. The summed E-state index contributed by atoms with van der Waals surface area (Å²) in [6, 6.07) is 12.4. The molecule has 0 unspecified atom stereocenters. The Morgan fingerprint density at radius 1 is 0.880 bits per heavy atom. The molecule has 0 aliphatic heterocycles. The van der Waals surface area contributed by atoms with Gasteiger partial charge in [0.15, 0.2) is 0 Å². The van der Waals surface area contributed by atoms with E-state index in [-0.39, 0.29) is 23.0 Å². The normalized spacial score (nSPS) is 13.6. The molecule has 0 fully saturated rings. The van der Waals surface area contributed by atoms with Gasteiger partial charge in [-0.25, -0.2) is 0 Å². The smallest absolute Gasteiger partial charge is 0.221 e.